The van der Waals surface area contributed by atoms with Crippen LogP contribution in [-0.2, 0) is 6.42 Å². The number of rotatable bonds is 3. The molecule has 0 amide bonds. The van der Waals surface area contributed by atoms with Crippen LogP contribution >= 0.6 is 0 Å². The minimum absolute atomic E-state index is 0.171. The first-order chi connectivity index (χ1) is 7.72. The summed E-state index contributed by atoms with van der Waals surface area (Å²) in [5.74, 6) is 0.943. The molecule has 2 heterocycles. The molecule has 84 valence electrons. The Morgan fingerprint density at radius 1 is 1.50 bits per heavy atom. The van der Waals surface area contributed by atoms with Crippen molar-refractivity contribution in [3.63, 3.8) is 0 Å². The van der Waals surface area contributed by atoms with Crippen LogP contribution < -0.4 is 11.3 Å². The van der Waals surface area contributed by atoms with Crippen LogP contribution in [0.15, 0.2) is 27.5 Å². The highest BCUT2D eigenvalue weighted by molar-refractivity contribution is 5.62. The van der Waals surface area contributed by atoms with Gasteiger partial charge in [-0.2, -0.15) is 0 Å². The van der Waals surface area contributed by atoms with Crippen LogP contribution in [0.25, 0.3) is 11.5 Å². The zero-order valence-electron chi connectivity index (χ0n) is 8.99. The normalized spacial score (nSPS) is 10.6. The lowest BCUT2D eigenvalue weighted by Crippen LogP contribution is -2.04. The van der Waals surface area contributed by atoms with Crippen molar-refractivity contribution in [3.8, 4) is 11.5 Å². The third kappa shape index (κ3) is 1.84. The summed E-state index contributed by atoms with van der Waals surface area (Å²) >= 11 is 0. The van der Waals surface area contributed by atoms with Gasteiger partial charge in [-0.15, -0.1) is 0 Å². The van der Waals surface area contributed by atoms with Gasteiger partial charge in [-0.05, 0) is 12.5 Å². The quantitative estimate of drug-likeness (QED) is 0.820. The minimum atomic E-state index is -0.171. The lowest BCUT2D eigenvalue weighted by atomic mass is 10.1. The summed E-state index contributed by atoms with van der Waals surface area (Å²) in [6, 6.07) is 4.88. The molecule has 0 unspecified atom stereocenters. The highest BCUT2D eigenvalue weighted by Crippen LogP contribution is 2.26. The van der Waals surface area contributed by atoms with Gasteiger partial charge in [0.25, 0.3) is 0 Å². The van der Waals surface area contributed by atoms with Gasteiger partial charge in [-0.3, -0.25) is 4.79 Å². The minimum Gasteiger partial charge on any atom is -0.381 e. The monoisotopic (exact) mass is 219 g/mol. The van der Waals surface area contributed by atoms with E-state index in [1.807, 2.05) is 6.92 Å². The highest BCUT2D eigenvalue weighted by Gasteiger charge is 2.15. The number of nitrogen functional groups attached to an aromatic ring is 1. The number of pyridine rings is 1. The van der Waals surface area contributed by atoms with Gasteiger partial charge in [0.05, 0.1) is 5.69 Å². The molecule has 0 aliphatic rings. The molecule has 0 saturated carbocycles. The Balaban J connectivity index is 2.51. The standard InChI is InChI=1S/C11H13N3O2/c1-2-4-7-10(16-14-11(7)12)8-5-3-6-9(15)13-8/h3,5-6H,2,4H2,1H3,(H2,12,14)(H,13,15). The average molecular weight is 219 g/mol. The highest BCUT2D eigenvalue weighted by atomic mass is 16.5. The topological polar surface area (TPSA) is 84.9 Å². The maximum absolute atomic E-state index is 11.2. The van der Waals surface area contributed by atoms with E-state index >= 15 is 0 Å². The SMILES string of the molecule is CCCc1c(N)noc1-c1cccc(=O)[nH]1. The Labute approximate surface area is 92.3 Å². The van der Waals surface area contributed by atoms with Crippen LogP contribution in [0, 0.1) is 0 Å². The Morgan fingerprint density at radius 3 is 3.00 bits per heavy atom. The van der Waals surface area contributed by atoms with Gasteiger partial charge in [0.15, 0.2) is 11.6 Å². The summed E-state index contributed by atoms with van der Waals surface area (Å²) in [7, 11) is 0. The van der Waals surface area contributed by atoms with Gasteiger partial charge in [-0.1, -0.05) is 24.6 Å². The number of H-pyrrole nitrogens is 1. The second-order valence-electron chi connectivity index (χ2n) is 3.55. The number of anilines is 1. The molecule has 0 spiro atoms. The fourth-order valence-electron chi connectivity index (χ4n) is 1.60. The summed E-state index contributed by atoms with van der Waals surface area (Å²) in [5.41, 5.74) is 7.00. The van der Waals surface area contributed by atoms with E-state index < -0.39 is 0 Å². The van der Waals surface area contributed by atoms with Crippen LogP contribution in [0.1, 0.15) is 18.9 Å². The van der Waals surface area contributed by atoms with Crippen molar-refractivity contribution in [2.45, 2.75) is 19.8 Å². The summed E-state index contributed by atoms with van der Waals surface area (Å²) in [5, 5.41) is 3.72. The molecule has 16 heavy (non-hydrogen) atoms. The largest absolute Gasteiger partial charge is 0.381 e. The molecule has 0 aromatic carbocycles. The maximum Gasteiger partial charge on any atom is 0.248 e. The van der Waals surface area contributed by atoms with E-state index in [0.717, 1.165) is 18.4 Å². The number of aromatic nitrogens is 2. The van der Waals surface area contributed by atoms with Crippen LogP contribution in [0.2, 0.25) is 0 Å². The molecule has 5 nitrogen and oxygen atoms in total. The van der Waals surface area contributed by atoms with Crippen LogP contribution in [0.4, 0.5) is 5.82 Å². The molecule has 0 aliphatic carbocycles. The summed E-state index contributed by atoms with van der Waals surface area (Å²) in [6.07, 6.45) is 1.72. The fourth-order valence-corrected chi connectivity index (χ4v) is 1.60. The van der Waals surface area contributed by atoms with Crippen molar-refractivity contribution >= 4 is 5.82 Å². The van der Waals surface area contributed by atoms with Gasteiger partial charge in [0.2, 0.25) is 5.56 Å². The number of hydrogen-bond acceptors (Lipinski definition) is 4. The van der Waals surface area contributed by atoms with E-state index in [1.54, 1.807) is 12.1 Å². The van der Waals surface area contributed by atoms with E-state index in [0.29, 0.717) is 17.3 Å². The molecule has 0 radical (unpaired) electrons. The van der Waals surface area contributed by atoms with Crippen molar-refractivity contribution in [1.82, 2.24) is 10.1 Å². The summed E-state index contributed by atoms with van der Waals surface area (Å²) < 4.78 is 5.14. The van der Waals surface area contributed by atoms with Crippen molar-refractivity contribution < 1.29 is 4.52 Å². The number of hydrogen-bond donors (Lipinski definition) is 2. The van der Waals surface area contributed by atoms with Gasteiger partial charge in [0, 0.05) is 11.6 Å². The van der Waals surface area contributed by atoms with Crippen LogP contribution in [0.5, 0.6) is 0 Å². The van der Waals surface area contributed by atoms with E-state index in [-0.39, 0.29) is 5.56 Å². The number of nitrogens with zero attached hydrogens (tertiary/aromatic N) is 1. The van der Waals surface area contributed by atoms with Crippen molar-refractivity contribution in [1.29, 1.82) is 0 Å². The second kappa shape index (κ2) is 4.22. The predicted octanol–water partition coefficient (Wildman–Crippen LogP) is 1.56. The Hall–Kier alpha value is -2.04. The Bertz CT molecular complexity index is 542. The first kappa shape index (κ1) is 10.5. The van der Waals surface area contributed by atoms with E-state index in [4.69, 9.17) is 10.3 Å². The molecule has 0 atom stereocenters. The zero-order valence-corrected chi connectivity index (χ0v) is 8.99. The van der Waals surface area contributed by atoms with Gasteiger partial charge >= 0.3 is 0 Å². The molecule has 3 N–H and O–H groups in total. The fraction of sp³-hybridized carbons (Fsp3) is 0.273. The maximum atomic E-state index is 11.2. The average Bonchev–Trinajstić information content (AvgIpc) is 2.61. The first-order valence-electron chi connectivity index (χ1n) is 5.16. The van der Waals surface area contributed by atoms with Crippen LogP contribution in [-0.4, -0.2) is 10.1 Å². The third-order valence-electron chi connectivity index (χ3n) is 2.33. The van der Waals surface area contributed by atoms with Crippen LogP contribution in [0.3, 0.4) is 0 Å². The van der Waals surface area contributed by atoms with Gasteiger partial charge in [-0.25, -0.2) is 0 Å². The summed E-state index contributed by atoms with van der Waals surface area (Å²) in [4.78, 5) is 13.9. The molecule has 0 aliphatic heterocycles. The molecular formula is C11H13N3O2. The molecule has 2 rings (SSSR count). The number of nitrogens with two attached hydrogens (primary N) is 1. The second-order valence-corrected chi connectivity index (χ2v) is 3.55. The van der Waals surface area contributed by atoms with E-state index in [2.05, 4.69) is 10.1 Å². The Kier molecular flexibility index (Phi) is 2.76. The predicted molar refractivity (Wildman–Crippen MR) is 61.0 cm³/mol. The molecule has 0 saturated heterocycles. The molecule has 0 bridgehead atoms. The lowest BCUT2D eigenvalue weighted by molar-refractivity contribution is 0.433. The Morgan fingerprint density at radius 2 is 2.31 bits per heavy atom. The van der Waals surface area contributed by atoms with Crippen molar-refractivity contribution in [3.05, 3.63) is 34.1 Å². The molecule has 5 heteroatoms. The van der Waals surface area contributed by atoms with E-state index in [1.165, 1.54) is 6.07 Å². The lowest BCUT2D eigenvalue weighted by Gasteiger charge is -1.99. The van der Waals surface area contributed by atoms with Gasteiger partial charge < -0.3 is 15.2 Å². The number of aromatic amines is 1. The first-order valence-corrected chi connectivity index (χ1v) is 5.16. The molecule has 0 fully saturated rings. The zero-order chi connectivity index (χ0) is 11.5. The van der Waals surface area contributed by atoms with Gasteiger partial charge in [0.1, 0.15) is 0 Å². The summed E-state index contributed by atoms with van der Waals surface area (Å²) in [6.45, 7) is 2.05. The molecule has 2 aromatic heterocycles. The van der Waals surface area contributed by atoms with Crippen molar-refractivity contribution in [2.24, 2.45) is 0 Å². The molecular weight excluding hydrogens is 206 g/mol. The third-order valence-corrected chi connectivity index (χ3v) is 2.33. The van der Waals surface area contributed by atoms with E-state index in [9.17, 15) is 4.79 Å². The van der Waals surface area contributed by atoms with Crippen molar-refractivity contribution in [2.75, 3.05) is 5.73 Å². The molecule has 2 aromatic rings. The smallest absolute Gasteiger partial charge is 0.248 e. The number of nitrogens with one attached hydrogen (secondary N) is 1.